The minimum absolute atomic E-state index is 0.202. The molecule has 1 heterocycles. The Kier molecular flexibility index (Phi) is 3.04. The van der Waals surface area contributed by atoms with Gasteiger partial charge in [0.05, 0.1) is 15.9 Å². The van der Waals surface area contributed by atoms with Gasteiger partial charge in [-0.05, 0) is 12.1 Å². The highest BCUT2D eigenvalue weighted by atomic mass is 35.5. The van der Waals surface area contributed by atoms with Crippen LogP contribution in [-0.2, 0) is 13.6 Å². The van der Waals surface area contributed by atoms with Gasteiger partial charge >= 0.3 is 5.69 Å². The summed E-state index contributed by atoms with van der Waals surface area (Å²) < 4.78 is 2.49. The molecule has 0 spiro atoms. The molecule has 6 heteroatoms. The fourth-order valence-corrected chi connectivity index (χ4v) is 2.17. The molecule has 0 unspecified atom stereocenters. The lowest BCUT2D eigenvalue weighted by Crippen LogP contribution is -2.40. The average molecular weight is 254 g/mol. The summed E-state index contributed by atoms with van der Waals surface area (Å²) in [7, 11) is 1.59. The summed E-state index contributed by atoms with van der Waals surface area (Å²) in [5.74, 6) is 0. The second-order valence-electron chi connectivity index (χ2n) is 3.72. The fraction of sp³-hybridized carbons (Fsp3) is 0.273. The molecule has 0 bridgehead atoms. The summed E-state index contributed by atoms with van der Waals surface area (Å²) in [5, 5.41) is 0.812. The van der Waals surface area contributed by atoms with E-state index in [1.54, 1.807) is 25.2 Å². The summed E-state index contributed by atoms with van der Waals surface area (Å²) in [6, 6.07) is 4.98. The Labute approximate surface area is 102 Å². The molecule has 17 heavy (non-hydrogen) atoms. The Balaban J connectivity index is 3.01. The molecular formula is C11H12ClN3O2. The largest absolute Gasteiger partial charge is 0.331 e. The first-order valence-electron chi connectivity index (χ1n) is 5.16. The lowest BCUT2D eigenvalue weighted by atomic mass is 10.2. The Hall–Kier alpha value is -1.59. The van der Waals surface area contributed by atoms with Crippen LogP contribution in [0.3, 0.4) is 0 Å². The Morgan fingerprint density at radius 1 is 1.35 bits per heavy atom. The number of nitrogens with zero attached hydrogens (tertiary/aromatic N) is 2. The van der Waals surface area contributed by atoms with Crippen LogP contribution in [0, 0.1) is 0 Å². The first-order valence-corrected chi connectivity index (χ1v) is 5.54. The van der Waals surface area contributed by atoms with E-state index in [1.807, 2.05) is 0 Å². The average Bonchev–Trinajstić information content (AvgIpc) is 2.31. The van der Waals surface area contributed by atoms with Crippen LogP contribution in [0.25, 0.3) is 10.9 Å². The molecule has 1 aromatic carbocycles. The number of halogens is 1. The Morgan fingerprint density at radius 2 is 2.06 bits per heavy atom. The molecule has 0 aliphatic carbocycles. The van der Waals surface area contributed by atoms with Crippen molar-refractivity contribution >= 4 is 22.5 Å². The first-order chi connectivity index (χ1) is 8.07. The number of nitrogens with two attached hydrogens (primary N) is 1. The molecule has 0 atom stereocenters. The lowest BCUT2D eigenvalue weighted by Gasteiger charge is -2.10. The van der Waals surface area contributed by atoms with E-state index in [1.165, 1.54) is 4.57 Å². The van der Waals surface area contributed by atoms with E-state index in [2.05, 4.69) is 0 Å². The maximum Gasteiger partial charge on any atom is 0.331 e. The van der Waals surface area contributed by atoms with E-state index in [0.29, 0.717) is 15.9 Å². The van der Waals surface area contributed by atoms with Gasteiger partial charge in [-0.15, -0.1) is 0 Å². The van der Waals surface area contributed by atoms with Crippen molar-refractivity contribution in [1.82, 2.24) is 9.13 Å². The molecule has 0 saturated carbocycles. The van der Waals surface area contributed by atoms with Crippen LogP contribution in [0.1, 0.15) is 0 Å². The van der Waals surface area contributed by atoms with Crippen LogP contribution in [0.15, 0.2) is 27.8 Å². The Bertz CT molecular complexity index is 687. The number of rotatable bonds is 2. The molecular weight excluding hydrogens is 242 g/mol. The highest BCUT2D eigenvalue weighted by Crippen LogP contribution is 2.18. The minimum atomic E-state index is -0.402. The highest BCUT2D eigenvalue weighted by molar-refractivity contribution is 6.35. The molecule has 90 valence electrons. The summed E-state index contributed by atoms with van der Waals surface area (Å²) >= 11 is 6.00. The van der Waals surface area contributed by atoms with Crippen molar-refractivity contribution in [3.8, 4) is 0 Å². The molecule has 2 N–H and O–H groups in total. The fourth-order valence-electron chi connectivity index (χ4n) is 1.86. The third-order valence-electron chi connectivity index (χ3n) is 2.67. The van der Waals surface area contributed by atoms with Gasteiger partial charge in [0, 0.05) is 20.1 Å². The molecule has 0 radical (unpaired) electrons. The second-order valence-corrected chi connectivity index (χ2v) is 4.13. The molecule has 0 aliphatic heterocycles. The minimum Gasteiger partial charge on any atom is -0.329 e. The van der Waals surface area contributed by atoms with Gasteiger partial charge in [0.15, 0.2) is 0 Å². The van der Waals surface area contributed by atoms with Crippen LogP contribution in [-0.4, -0.2) is 15.7 Å². The van der Waals surface area contributed by atoms with Crippen molar-refractivity contribution in [1.29, 1.82) is 0 Å². The van der Waals surface area contributed by atoms with E-state index in [-0.39, 0.29) is 18.6 Å². The summed E-state index contributed by atoms with van der Waals surface area (Å²) in [6.45, 7) is 0.440. The predicted molar refractivity (Wildman–Crippen MR) is 67.5 cm³/mol. The maximum absolute atomic E-state index is 12.1. The van der Waals surface area contributed by atoms with Gasteiger partial charge in [0.25, 0.3) is 5.56 Å². The zero-order chi connectivity index (χ0) is 12.6. The van der Waals surface area contributed by atoms with Gasteiger partial charge < -0.3 is 5.73 Å². The molecule has 1 aromatic heterocycles. The summed E-state index contributed by atoms with van der Waals surface area (Å²) in [6.07, 6.45) is 0. The molecule has 0 amide bonds. The van der Waals surface area contributed by atoms with Crippen molar-refractivity contribution < 1.29 is 0 Å². The zero-order valence-electron chi connectivity index (χ0n) is 9.31. The molecule has 0 saturated heterocycles. The van der Waals surface area contributed by atoms with Gasteiger partial charge in [-0.3, -0.25) is 13.9 Å². The SMILES string of the molecule is Cn1c(=O)n(CCN)c(=O)c2cccc(Cl)c21. The van der Waals surface area contributed by atoms with E-state index in [0.717, 1.165) is 4.57 Å². The molecule has 0 fully saturated rings. The quantitative estimate of drug-likeness (QED) is 0.838. The van der Waals surface area contributed by atoms with Crippen LogP contribution in [0.2, 0.25) is 5.02 Å². The van der Waals surface area contributed by atoms with Crippen LogP contribution < -0.4 is 17.0 Å². The number of hydrogen-bond acceptors (Lipinski definition) is 3. The van der Waals surface area contributed by atoms with Gasteiger partial charge in [0.2, 0.25) is 0 Å². The molecule has 2 rings (SSSR count). The van der Waals surface area contributed by atoms with Gasteiger partial charge in [-0.2, -0.15) is 0 Å². The van der Waals surface area contributed by atoms with Gasteiger partial charge in [-0.25, -0.2) is 4.79 Å². The van der Waals surface area contributed by atoms with Gasteiger partial charge in [0.1, 0.15) is 0 Å². The van der Waals surface area contributed by atoms with Crippen molar-refractivity contribution in [2.45, 2.75) is 6.54 Å². The Morgan fingerprint density at radius 3 is 2.71 bits per heavy atom. The monoisotopic (exact) mass is 253 g/mol. The van der Waals surface area contributed by atoms with E-state index in [4.69, 9.17) is 17.3 Å². The number of benzene rings is 1. The standard InChI is InChI=1S/C11H12ClN3O2/c1-14-9-7(3-2-4-8(9)12)10(16)15(6-5-13)11(14)17/h2-4H,5-6,13H2,1H3. The third-order valence-corrected chi connectivity index (χ3v) is 2.97. The van der Waals surface area contributed by atoms with Crippen LogP contribution >= 0.6 is 11.6 Å². The van der Waals surface area contributed by atoms with Crippen molar-refractivity contribution in [3.05, 3.63) is 44.1 Å². The number of fused-ring (bicyclic) bond motifs is 1. The zero-order valence-corrected chi connectivity index (χ0v) is 10.1. The smallest absolute Gasteiger partial charge is 0.329 e. The summed E-state index contributed by atoms with van der Waals surface area (Å²) in [4.78, 5) is 24.0. The number of aromatic nitrogens is 2. The highest BCUT2D eigenvalue weighted by Gasteiger charge is 2.12. The van der Waals surface area contributed by atoms with Crippen LogP contribution in [0.4, 0.5) is 0 Å². The number of aryl methyl sites for hydroxylation is 1. The normalized spacial score (nSPS) is 11.0. The summed E-state index contributed by atoms with van der Waals surface area (Å²) in [5.41, 5.74) is 5.09. The van der Waals surface area contributed by atoms with Crippen molar-refractivity contribution in [2.24, 2.45) is 12.8 Å². The van der Waals surface area contributed by atoms with E-state index in [9.17, 15) is 9.59 Å². The second kappa shape index (κ2) is 4.35. The van der Waals surface area contributed by atoms with E-state index < -0.39 is 5.69 Å². The number of para-hydroxylation sites is 1. The van der Waals surface area contributed by atoms with Crippen molar-refractivity contribution in [2.75, 3.05) is 6.54 Å². The first kappa shape index (κ1) is 11.9. The maximum atomic E-state index is 12.1. The third kappa shape index (κ3) is 1.77. The predicted octanol–water partition coefficient (Wildman–Crippen LogP) is 0.312. The number of hydrogen-bond donors (Lipinski definition) is 1. The lowest BCUT2D eigenvalue weighted by molar-refractivity contribution is 0.613. The molecule has 5 nitrogen and oxygen atoms in total. The van der Waals surface area contributed by atoms with E-state index >= 15 is 0 Å². The molecule has 2 aromatic rings. The van der Waals surface area contributed by atoms with Crippen LogP contribution in [0.5, 0.6) is 0 Å². The van der Waals surface area contributed by atoms with Gasteiger partial charge in [-0.1, -0.05) is 17.7 Å². The van der Waals surface area contributed by atoms with Crippen molar-refractivity contribution in [3.63, 3.8) is 0 Å². The topological polar surface area (TPSA) is 70.0 Å². The molecule has 0 aliphatic rings.